The van der Waals surface area contributed by atoms with Crippen molar-refractivity contribution in [2.24, 2.45) is 0 Å². The summed E-state index contributed by atoms with van der Waals surface area (Å²) in [5, 5.41) is 10.3. The van der Waals surface area contributed by atoms with Crippen molar-refractivity contribution in [3.63, 3.8) is 0 Å². The van der Waals surface area contributed by atoms with Gasteiger partial charge in [0.1, 0.15) is 5.75 Å². The maximum atomic E-state index is 10.3. The third-order valence-electron chi connectivity index (χ3n) is 1.40. The van der Waals surface area contributed by atoms with Gasteiger partial charge in [0.2, 0.25) is 0 Å². The second-order valence-corrected chi connectivity index (χ2v) is 2.24. The third kappa shape index (κ3) is 4.36. The zero-order valence-electron chi connectivity index (χ0n) is 7.74. The molecule has 0 aliphatic heterocycles. The van der Waals surface area contributed by atoms with Crippen molar-refractivity contribution in [3.05, 3.63) is 29.8 Å². The van der Waals surface area contributed by atoms with E-state index in [0.29, 0.717) is 12.4 Å². The molecule has 0 aliphatic rings. The average molecular weight is 251 g/mol. The van der Waals surface area contributed by atoms with E-state index in [4.69, 9.17) is 4.74 Å². The first-order valence-electron chi connectivity index (χ1n) is 3.68. The van der Waals surface area contributed by atoms with Gasteiger partial charge in [0.25, 0.3) is 0 Å². The maximum absolute atomic E-state index is 10.3. The number of hydrogen-bond donors (Lipinski definition) is 0. The van der Waals surface area contributed by atoms with Gasteiger partial charge in [-0.15, -0.1) is 0 Å². The first kappa shape index (κ1) is 13.3. The molecular weight excluding hydrogens is 242 g/mol. The van der Waals surface area contributed by atoms with Gasteiger partial charge in [0.05, 0.1) is 12.6 Å². The summed E-state index contributed by atoms with van der Waals surface area (Å²) in [4.78, 5) is 10.3. The molecule has 13 heavy (non-hydrogen) atoms. The molecule has 0 spiro atoms. The summed E-state index contributed by atoms with van der Waals surface area (Å²) in [7, 11) is 0. The molecule has 0 aromatic heterocycles. The van der Waals surface area contributed by atoms with Gasteiger partial charge in [0.15, 0.2) is 0 Å². The topological polar surface area (TPSA) is 49.4 Å². The Morgan fingerprint density at radius 2 is 1.92 bits per heavy atom. The fraction of sp³-hybridized carbons (Fsp3) is 0.222. The minimum absolute atomic E-state index is 0. The minimum atomic E-state index is -1.17. The van der Waals surface area contributed by atoms with Crippen LogP contribution < -0.4 is 68.0 Å². The van der Waals surface area contributed by atoms with Crippen LogP contribution in [0.2, 0.25) is 0 Å². The first-order valence-corrected chi connectivity index (χ1v) is 3.68. The fourth-order valence-corrected chi connectivity index (χ4v) is 0.854. The quantitative estimate of drug-likeness (QED) is 0.594. The zero-order valence-corrected chi connectivity index (χ0v) is 12.7. The van der Waals surface area contributed by atoms with Crippen LogP contribution in [0, 0.1) is 0 Å². The van der Waals surface area contributed by atoms with Gasteiger partial charge in [-0.1, -0.05) is 0 Å². The van der Waals surface area contributed by atoms with Crippen LogP contribution in [0.15, 0.2) is 24.3 Å². The predicted molar refractivity (Wildman–Crippen MR) is 41.9 cm³/mol. The largest absolute Gasteiger partial charge is 1.00 e. The Labute approximate surface area is 126 Å². The molecule has 4 heteroatoms. The van der Waals surface area contributed by atoms with Crippen molar-refractivity contribution < 1.29 is 72.8 Å². The molecule has 0 atom stereocenters. The molecule has 1 aromatic carbocycles. The molecule has 0 saturated carbocycles. The van der Waals surface area contributed by atoms with E-state index in [1.54, 1.807) is 12.1 Å². The van der Waals surface area contributed by atoms with Gasteiger partial charge >= 0.3 is 58.2 Å². The molecule has 0 aliphatic carbocycles. The molecule has 0 saturated heterocycles. The molecule has 3 nitrogen and oxygen atoms in total. The molecule has 0 amide bonds. The number of ether oxygens (including phenoxy) is 1. The Morgan fingerprint density at radius 1 is 1.38 bits per heavy atom. The van der Waals surface area contributed by atoms with Crippen molar-refractivity contribution in [2.45, 2.75) is 6.92 Å². The molecular formula is C9H9O3Rb. The van der Waals surface area contributed by atoms with Gasteiger partial charge in [-0.2, -0.15) is 0 Å². The zero-order chi connectivity index (χ0) is 8.97. The molecule has 0 N–H and O–H groups in total. The Balaban J connectivity index is 0.00000144. The average Bonchev–Trinajstić information content (AvgIpc) is 2.06. The Morgan fingerprint density at radius 3 is 2.31 bits per heavy atom. The van der Waals surface area contributed by atoms with E-state index in [2.05, 4.69) is 0 Å². The standard InChI is InChI=1S/C9H10O3.Rb/c1-2-12-8-5-3-7(4-6-8)9(10)11;/h3-6H,2H2,1H3,(H,10,11);/q;+1/p-1. The number of carboxylic acid groups (broad SMARTS) is 1. The number of aromatic carboxylic acids is 1. The van der Waals surface area contributed by atoms with E-state index in [-0.39, 0.29) is 63.8 Å². The normalized spacial score (nSPS) is 8.69. The van der Waals surface area contributed by atoms with E-state index in [9.17, 15) is 9.90 Å². The van der Waals surface area contributed by atoms with Crippen LogP contribution in [0.4, 0.5) is 0 Å². The van der Waals surface area contributed by atoms with Crippen LogP contribution in [-0.4, -0.2) is 12.6 Å². The van der Waals surface area contributed by atoms with Gasteiger partial charge in [-0.05, 0) is 36.8 Å². The summed E-state index contributed by atoms with van der Waals surface area (Å²) < 4.78 is 5.13. The van der Waals surface area contributed by atoms with E-state index < -0.39 is 5.97 Å². The summed E-state index contributed by atoms with van der Waals surface area (Å²) >= 11 is 0. The second-order valence-electron chi connectivity index (χ2n) is 2.24. The van der Waals surface area contributed by atoms with E-state index in [0.717, 1.165) is 0 Å². The van der Waals surface area contributed by atoms with Crippen LogP contribution in [-0.2, 0) is 0 Å². The first-order chi connectivity index (χ1) is 5.74. The summed E-state index contributed by atoms with van der Waals surface area (Å²) in [6.07, 6.45) is 0. The number of carbonyl (C=O) groups excluding carboxylic acids is 1. The van der Waals surface area contributed by atoms with E-state index >= 15 is 0 Å². The summed E-state index contributed by atoms with van der Waals surface area (Å²) in [5.41, 5.74) is 0.165. The van der Waals surface area contributed by atoms with Crippen LogP contribution in [0.3, 0.4) is 0 Å². The number of hydrogen-bond acceptors (Lipinski definition) is 3. The van der Waals surface area contributed by atoms with Crippen LogP contribution in [0.5, 0.6) is 5.75 Å². The molecule has 1 rings (SSSR count). The number of benzene rings is 1. The molecule has 0 heterocycles. The summed E-state index contributed by atoms with van der Waals surface area (Å²) in [6.45, 7) is 2.44. The second kappa shape index (κ2) is 6.71. The molecule has 0 bridgehead atoms. The van der Waals surface area contributed by atoms with Gasteiger partial charge in [-0.3, -0.25) is 0 Å². The summed E-state index contributed by atoms with van der Waals surface area (Å²) in [5.74, 6) is -0.499. The van der Waals surface area contributed by atoms with Crippen molar-refractivity contribution in [1.82, 2.24) is 0 Å². The number of carbonyl (C=O) groups is 1. The van der Waals surface area contributed by atoms with Crippen LogP contribution in [0.1, 0.15) is 17.3 Å². The number of rotatable bonds is 3. The van der Waals surface area contributed by atoms with Gasteiger partial charge < -0.3 is 14.6 Å². The molecule has 0 fully saturated rings. The molecule has 1 aromatic rings. The Kier molecular flexibility index (Phi) is 6.86. The van der Waals surface area contributed by atoms with Crippen LogP contribution >= 0.6 is 0 Å². The predicted octanol–water partition coefficient (Wildman–Crippen LogP) is -2.55. The third-order valence-corrected chi connectivity index (χ3v) is 1.40. The maximum Gasteiger partial charge on any atom is 1.00 e. The number of carboxylic acids is 1. The Bertz CT molecular complexity index is 269. The van der Waals surface area contributed by atoms with Crippen LogP contribution in [0.25, 0.3) is 0 Å². The monoisotopic (exact) mass is 250 g/mol. The molecule has 64 valence electrons. The van der Waals surface area contributed by atoms with Gasteiger partial charge in [-0.25, -0.2) is 0 Å². The molecule has 0 unspecified atom stereocenters. The van der Waals surface area contributed by atoms with Crippen molar-refractivity contribution in [1.29, 1.82) is 0 Å². The molecule has 0 radical (unpaired) electrons. The van der Waals surface area contributed by atoms with E-state index in [1.165, 1.54) is 12.1 Å². The fourth-order valence-electron chi connectivity index (χ4n) is 0.854. The smallest absolute Gasteiger partial charge is 0.545 e. The van der Waals surface area contributed by atoms with E-state index in [1.807, 2.05) is 6.92 Å². The Hall–Kier alpha value is 0.295. The summed E-state index contributed by atoms with van der Waals surface area (Å²) in [6, 6.07) is 6.13. The minimum Gasteiger partial charge on any atom is -0.545 e. The van der Waals surface area contributed by atoms with Crippen molar-refractivity contribution in [2.75, 3.05) is 6.61 Å². The van der Waals surface area contributed by atoms with Gasteiger partial charge in [0, 0.05) is 0 Å². The SMILES string of the molecule is CCOc1ccc(C(=O)[O-])cc1.[Rb+]. The van der Waals surface area contributed by atoms with Crippen molar-refractivity contribution in [3.8, 4) is 5.75 Å². The van der Waals surface area contributed by atoms with Crippen molar-refractivity contribution >= 4 is 5.97 Å².